The van der Waals surface area contributed by atoms with Crippen LogP contribution in [-0.2, 0) is 12.7 Å². The molecule has 25 heavy (non-hydrogen) atoms. The molecule has 0 aliphatic rings. The Kier molecular flexibility index (Phi) is 4.26. The van der Waals surface area contributed by atoms with Crippen LogP contribution < -0.4 is 10.7 Å². The number of H-pyrrole nitrogens is 1. The van der Waals surface area contributed by atoms with Crippen molar-refractivity contribution in [2.24, 2.45) is 0 Å². The zero-order valence-corrected chi connectivity index (χ0v) is 12.7. The van der Waals surface area contributed by atoms with E-state index in [4.69, 9.17) is 0 Å². The van der Waals surface area contributed by atoms with Gasteiger partial charge in [-0.3, -0.25) is 14.6 Å². The fraction of sp³-hybridized carbons (Fsp3) is 0.118. The van der Waals surface area contributed by atoms with Crippen LogP contribution in [0.25, 0.3) is 10.9 Å². The molecule has 0 spiro atoms. The Morgan fingerprint density at radius 1 is 1.20 bits per heavy atom. The zero-order valence-electron chi connectivity index (χ0n) is 12.7. The van der Waals surface area contributed by atoms with Crippen molar-refractivity contribution in [1.82, 2.24) is 15.3 Å². The highest BCUT2D eigenvalue weighted by molar-refractivity contribution is 5.97. The van der Waals surface area contributed by atoms with Gasteiger partial charge in [0.25, 0.3) is 5.91 Å². The van der Waals surface area contributed by atoms with Crippen molar-refractivity contribution in [2.45, 2.75) is 12.7 Å². The topological polar surface area (TPSA) is 74.8 Å². The van der Waals surface area contributed by atoms with Gasteiger partial charge in [-0.2, -0.15) is 13.2 Å². The van der Waals surface area contributed by atoms with Crippen LogP contribution in [0.15, 0.2) is 53.7 Å². The Hall–Kier alpha value is -3.16. The molecule has 0 saturated carbocycles. The Balaban J connectivity index is 1.94. The Labute approximate surface area is 139 Å². The summed E-state index contributed by atoms with van der Waals surface area (Å²) in [4.78, 5) is 30.9. The first-order chi connectivity index (χ1) is 11.9. The number of carbonyl (C=O) groups is 1. The number of aromatic amines is 1. The summed E-state index contributed by atoms with van der Waals surface area (Å²) in [5.74, 6) is -0.676. The first-order valence-corrected chi connectivity index (χ1v) is 7.26. The number of halogens is 3. The summed E-state index contributed by atoms with van der Waals surface area (Å²) in [7, 11) is 0. The molecule has 0 saturated heterocycles. The Morgan fingerprint density at radius 3 is 2.68 bits per heavy atom. The fourth-order valence-electron chi connectivity index (χ4n) is 2.44. The number of hydrogen-bond acceptors (Lipinski definition) is 3. The quantitative estimate of drug-likeness (QED) is 0.765. The van der Waals surface area contributed by atoms with Gasteiger partial charge in [0.05, 0.1) is 11.1 Å². The van der Waals surface area contributed by atoms with E-state index >= 15 is 0 Å². The number of amides is 1. The number of benzene rings is 1. The molecule has 0 fully saturated rings. The minimum atomic E-state index is -4.60. The zero-order chi connectivity index (χ0) is 18.0. The number of fused-ring (bicyclic) bond motifs is 1. The van der Waals surface area contributed by atoms with Crippen LogP contribution in [0.2, 0.25) is 0 Å². The van der Waals surface area contributed by atoms with E-state index < -0.39 is 23.1 Å². The molecular formula is C17H12F3N3O2. The summed E-state index contributed by atoms with van der Waals surface area (Å²) in [6, 6.07) is 6.70. The molecule has 0 aliphatic heterocycles. The normalized spacial score (nSPS) is 11.5. The van der Waals surface area contributed by atoms with E-state index in [9.17, 15) is 22.8 Å². The average Bonchev–Trinajstić information content (AvgIpc) is 2.60. The van der Waals surface area contributed by atoms with Crippen LogP contribution in [0.1, 0.15) is 21.5 Å². The minimum absolute atomic E-state index is 0.146. The van der Waals surface area contributed by atoms with Gasteiger partial charge in [-0.15, -0.1) is 0 Å². The van der Waals surface area contributed by atoms with Gasteiger partial charge < -0.3 is 10.3 Å². The molecule has 0 radical (unpaired) electrons. The third-order valence-electron chi connectivity index (χ3n) is 3.64. The van der Waals surface area contributed by atoms with Gasteiger partial charge in [0.1, 0.15) is 5.56 Å². The Morgan fingerprint density at radius 2 is 2.00 bits per heavy atom. The molecule has 0 atom stereocenters. The molecule has 0 bridgehead atoms. The van der Waals surface area contributed by atoms with Crippen LogP contribution in [0.4, 0.5) is 13.2 Å². The number of para-hydroxylation sites is 1. The van der Waals surface area contributed by atoms with Crippen molar-refractivity contribution in [3.05, 3.63) is 75.8 Å². The van der Waals surface area contributed by atoms with Crippen LogP contribution in [0.3, 0.4) is 0 Å². The van der Waals surface area contributed by atoms with Crippen molar-refractivity contribution in [3.63, 3.8) is 0 Å². The summed E-state index contributed by atoms with van der Waals surface area (Å²) in [5, 5.41) is 2.35. The van der Waals surface area contributed by atoms with Crippen LogP contribution in [0, 0.1) is 0 Å². The second-order valence-electron chi connectivity index (χ2n) is 5.30. The van der Waals surface area contributed by atoms with Gasteiger partial charge in [-0.1, -0.05) is 12.1 Å². The number of nitrogens with one attached hydrogen (secondary N) is 2. The highest BCUT2D eigenvalue weighted by atomic mass is 19.4. The predicted molar refractivity (Wildman–Crippen MR) is 85.0 cm³/mol. The summed E-state index contributed by atoms with van der Waals surface area (Å²) >= 11 is 0. The number of hydrogen-bond donors (Lipinski definition) is 2. The molecule has 1 amide bonds. The molecule has 2 heterocycles. The molecule has 5 nitrogen and oxygen atoms in total. The molecule has 3 rings (SSSR count). The first-order valence-electron chi connectivity index (χ1n) is 7.26. The van der Waals surface area contributed by atoms with Crippen molar-refractivity contribution >= 4 is 16.8 Å². The highest BCUT2D eigenvalue weighted by Gasteiger charge is 2.33. The van der Waals surface area contributed by atoms with E-state index in [1.807, 2.05) is 0 Å². The lowest BCUT2D eigenvalue weighted by Gasteiger charge is -2.11. The van der Waals surface area contributed by atoms with Crippen molar-refractivity contribution in [3.8, 4) is 0 Å². The predicted octanol–water partition coefficient (Wildman–Crippen LogP) is 2.87. The van der Waals surface area contributed by atoms with E-state index in [1.54, 1.807) is 24.5 Å². The lowest BCUT2D eigenvalue weighted by Crippen LogP contribution is -2.28. The molecule has 8 heteroatoms. The number of nitrogens with zero attached hydrogens (tertiary/aromatic N) is 1. The number of alkyl halides is 3. The molecule has 2 N–H and O–H groups in total. The van der Waals surface area contributed by atoms with Crippen molar-refractivity contribution < 1.29 is 18.0 Å². The standard InChI is InChI=1S/C17H12F3N3O2/c18-17(19,20)13-5-1-4-11-14(13)22-9-12(15(11)24)16(25)23-8-10-3-2-6-21-7-10/h1-7,9H,8H2,(H,22,24)(H,23,25). The smallest absolute Gasteiger partial charge is 0.360 e. The maximum absolute atomic E-state index is 13.0. The number of rotatable bonds is 3. The minimum Gasteiger partial charge on any atom is -0.360 e. The number of carbonyl (C=O) groups excluding carboxylic acids is 1. The molecule has 1 aromatic carbocycles. The highest BCUT2D eigenvalue weighted by Crippen LogP contribution is 2.32. The van der Waals surface area contributed by atoms with Gasteiger partial charge >= 0.3 is 6.18 Å². The molecule has 128 valence electrons. The lowest BCUT2D eigenvalue weighted by molar-refractivity contribution is -0.136. The maximum Gasteiger partial charge on any atom is 0.418 e. The van der Waals surface area contributed by atoms with Crippen LogP contribution in [-0.4, -0.2) is 15.9 Å². The molecule has 2 aromatic heterocycles. The fourth-order valence-corrected chi connectivity index (χ4v) is 2.44. The van der Waals surface area contributed by atoms with Gasteiger partial charge in [-0.25, -0.2) is 0 Å². The third kappa shape index (κ3) is 3.37. The van der Waals surface area contributed by atoms with Crippen LogP contribution >= 0.6 is 0 Å². The summed E-state index contributed by atoms with van der Waals surface area (Å²) in [6.45, 7) is 0.146. The van der Waals surface area contributed by atoms with Gasteiger partial charge in [0.2, 0.25) is 5.43 Å². The third-order valence-corrected chi connectivity index (χ3v) is 3.64. The number of pyridine rings is 2. The molecular weight excluding hydrogens is 335 g/mol. The second-order valence-corrected chi connectivity index (χ2v) is 5.30. The van der Waals surface area contributed by atoms with Gasteiger partial charge in [-0.05, 0) is 23.8 Å². The largest absolute Gasteiger partial charge is 0.418 e. The second kappa shape index (κ2) is 6.39. The Bertz CT molecular complexity index is 982. The molecule has 3 aromatic rings. The summed E-state index contributed by atoms with van der Waals surface area (Å²) in [5.41, 5.74) is -1.58. The maximum atomic E-state index is 13.0. The van der Waals surface area contributed by atoms with Crippen molar-refractivity contribution in [2.75, 3.05) is 0 Å². The first kappa shape index (κ1) is 16.7. The number of aromatic nitrogens is 2. The lowest BCUT2D eigenvalue weighted by atomic mass is 10.1. The van der Waals surface area contributed by atoms with E-state index in [1.165, 1.54) is 6.07 Å². The molecule has 0 unspecified atom stereocenters. The van der Waals surface area contributed by atoms with E-state index in [0.29, 0.717) is 0 Å². The monoisotopic (exact) mass is 347 g/mol. The van der Waals surface area contributed by atoms with E-state index in [0.717, 1.165) is 23.9 Å². The summed E-state index contributed by atoms with van der Waals surface area (Å²) < 4.78 is 39.0. The van der Waals surface area contributed by atoms with Gasteiger partial charge in [0.15, 0.2) is 0 Å². The van der Waals surface area contributed by atoms with Gasteiger partial charge in [0, 0.05) is 30.5 Å². The van der Waals surface area contributed by atoms with Crippen LogP contribution in [0.5, 0.6) is 0 Å². The summed E-state index contributed by atoms with van der Waals surface area (Å²) in [6.07, 6.45) is -0.469. The van der Waals surface area contributed by atoms with E-state index in [2.05, 4.69) is 15.3 Å². The van der Waals surface area contributed by atoms with E-state index in [-0.39, 0.29) is 23.0 Å². The average molecular weight is 347 g/mol. The SMILES string of the molecule is O=C(NCc1cccnc1)c1c[nH]c2c(C(F)(F)F)cccc2c1=O. The molecule has 0 aliphatic carbocycles. The van der Waals surface area contributed by atoms with Crippen molar-refractivity contribution in [1.29, 1.82) is 0 Å².